The van der Waals surface area contributed by atoms with E-state index in [2.05, 4.69) is 4.98 Å². The number of hydrogen-bond donors (Lipinski definition) is 3. The number of epoxide rings is 1. The maximum absolute atomic E-state index is 13.2. The molecule has 0 spiro atoms. The molecule has 3 N–H and O–H groups in total. The zero-order valence-corrected chi connectivity index (χ0v) is 22.1. The maximum atomic E-state index is 13.2. The second-order valence-electron chi connectivity index (χ2n) is 10.7. The van der Waals surface area contributed by atoms with Gasteiger partial charge in [0.05, 0.1) is 47.5 Å². The van der Waals surface area contributed by atoms with Crippen LogP contribution in [0.1, 0.15) is 70.5 Å². The van der Waals surface area contributed by atoms with Gasteiger partial charge in [-0.05, 0) is 37.8 Å². The van der Waals surface area contributed by atoms with Crippen LogP contribution in [0.5, 0.6) is 0 Å². The van der Waals surface area contributed by atoms with Crippen molar-refractivity contribution in [1.82, 2.24) is 4.98 Å². The molecule has 0 aromatic carbocycles. The molecule has 0 saturated carbocycles. The van der Waals surface area contributed by atoms with Crippen LogP contribution in [-0.2, 0) is 19.1 Å². The zero-order chi connectivity index (χ0) is 26.0. The molecule has 0 unspecified atom stereocenters. The Balaban J connectivity index is 1.83. The number of rotatable bonds is 3. The van der Waals surface area contributed by atoms with Gasteiger partial charge in [-0.1, -0.05) is 34.1 Å². The number of aromatic nitrogens is 1. The Morgan fingerprint density at radius 3 is 2.60 bits per heavy atom. The fourth-order valence-corrected chi connectivity index (χ4v) is 5.49. The average molecular weight is 510 g/mol. The lowest BCUT2D eigenvalue weighted by Crippen LogP contribution is -2.45. The largest absolute Gasteiger partial charge is 0.458 e. The second kappa shape index (κ2) is 11.2. The van der Waals surface area contributed by atoms with Crippen LogP contribution in [0.4, 0.5) is 0 Å². The number of aryl methyl sites for hydroxylation is 1. The van der Waals surface area contributed by atoms with Crippen molar-refractivity contribution in [2.24, 2.45) is 17.3 Å². The van der Waals surface area contributed by atoms with Gasteiger partial charge in [0.2, 0.25) is 0 Å². The highest BCUT2D eigenvalue weighted by Crippen LogP contribution is 2.44. The SMILES string of the molecule is Cc1nc(/C=C/[C@@H]2C[C@@H]3O[C@]3(CO)CCC[C@H](C)[C@H](O)[C@@H](C)C(=O)C(C)(C)[C@@H](O)CC(=O)O2)cs1. The van der Waals surface area contributed by atoms with Crippen LogP contribution in [-0.4, -0.2) is 68.7 Å². The van der Waals surface area contributed by atoms with Crippen LogP contribution in [0.2, 0.25) is 0 Å². The van der Waals surface area contributed by atoms with Gasteiger partial charge in [-0.3, -0.25) is 9.59 Å². The molecule has 2 aliphatic heterocycles. The Kier molecular flexibility index (Phi) is 8.91. The number of carbonyl (C=O) groups excluding carboxylic acids is 2. The van der Waals surface area contributed by atoms with Crippen molar-refractivity contribution in [2.45, 2.75) is 96.7 Å². The summed E-state index contributed by atoms with van der Waals surface area (Å²) in [7, 11) is 0. The molecule has 2 aliphatic rings. The first-order valence-corrected chi connectivity index (χ1v) is 13.3. The highest BCUT2D eigenvalue weighted by atomic mass is 32.1. The molecule has 9 heteroatoms. The van der Waals surface area contributed by atoms with E-state index in [0.717, 1.165) is 10.7 Å². The van der Waals surface area contributed by atoms with Gasteiger partial charge in [0.1, 0.15) is 17.5 Å². The molecule has 8 nitrogen and oxygen atoms in total. The van der Waals surface area contributed by atoms with Crippen molar-refractivity contribution in [1.29, 1.82) is 0 Å². The van der Waals surface area contributed by atoms with Crippen LogP contribution >= 0.6 is 11.3 Å². The molecule has 1 aromatic heterocycles. The minimum absolute atomic E-state index is 0.147. The topological polar surface area (TPSA) is 129 Å². The van der Waals surface area contributed by atoms with E-state index >= 15 is 0 Å². The summed E-state index contributed by atoms with van der Waals surface area (Å²) in [6.07, 6.45) is 2.48. The summed E-state index contributed by atoms with van der Waals surface area (Å²) in [5, 5.41) is 34.5. The van der Waals surface area contributed by atoms with Crippen LogP contribution in [0, 0.1) is 24.2 Å². The number of Topliss-reactive ketones (excluding diaryl/α,β-unsaturated/α-hetero) is 1. The number of aliphatic hydroxyl groups is 3. The summed E-state index contributed by atoms with van der Waals surface area (Å²) >= 11 is 1.52. The standard InChI is InChI=1S/C26H39NO7S/c1-15-7-6-10-26(14-28)21(34-26)11-19(9-8-18-13-35-17(3)27-18)33-22(30)12-20(29)25(4,5)24(32)16(2)23(15)31/h8-9,13,15-16,19-21,23,28-29,31H,6-7,10-12,14H2,1-5H3/b9-8+/t15-,16+,19+,20-,21-,23-,26-/m0/s1. The van der Waals surface area contributed by atoms with E-state index < -0.39 is 41.2 Å². The number of fused-ring (bicyclic) bond motifs is 1. The van der Waals surface area contributed by atoms with E-state index in [1.165, 1.54) is 11.3 Å². The van der Waals surface area contributed by atoms with E-state index in [4.69, 9.17) is 9.47 Å². The van der Waals surface area contributed by atoms with E-state index in [-0.39, 0.29) is 30.8 Å². The molecule has 3 heterocycles. The first kappa shape index (κ1) is 27.9. The molecule has 7 atom stereocenters. The number of cyclic esters (lactones) is 1. The number of thiazole rings is 1. The molecular weight excluding hydrogens is 470 g/mol. The van der Waals surface area contributed by atoms with Gasteiger partial charge in [-0.25, -0.2) is 4.98 Å². The van der Waals surface area contributed by atoms with Crippen molar-refractivity contribution < 1.29 is 34.4 Å². The summed E-state index contributed by atoms with van der Waals surface area (Å²) in [6.45, 7) is 8.52. The fraction of sp³-hybridized carbons (Fsp3) is 0.731. The number of nitrogens with zero attached hydrogens (tertiary/aromatic N) is 1. The van der Waals surface area contributed by atoms with E-state index in [1.807, 2.05) is 19.2 Å². The molecule has 0 bridgehead atoms. The molecule has 0 radical (unpaired) electrons. The molecule has 35 heavy (non-hydrogen) atoms. The number of ether oxygens (including phenoxy) is 2. The maximum Gasteiger partial charge on any atom is 0.309 e. The number of carbonyl (C=O) groups is 2. The molecule has 1 aromatic rings. The lowest BCUT2D eigenvalue weighted by atomic mass is 9.73. The number of esters is 1. The Morgan fingerprint density at radius 2 is 1.97 bits per heavy atom. The van der Waals surface area contributed by atoms with Crippen LogP contribution in [0.25, 0.3) is 6.08 Å². The Morgan fingerprint density at radius 1 is 1.26 bits per heavy atom. The third kappa shape index (κ3) is 6.57. The molecule has 0 aliphatic carbocycles. The van der Waals surface area contributed by atoms with Gasteiger partial charge in [0, 0.05) is 17.7 Å². The zero-order valence-electron chi connectivity index (χ0n) is 21.3. The summed E-state index contributed by atoms with van der Waals surface area (Å²) < 4.78 is 11.6. The second-order valence-corrected chi connectivity index (χ2v) is 11.8. The van der Waals surface area contributed by atoms with Gasteiger partial charge < -0.3 is 24.8 Å². The average Bonchev–Trinajstić information content (AvgIpc) is 3.32. The van der Waals surface area contributed by atoms with E-state index in [1.54, 1.807) is 32.9 Å². The number of aliphatic hydroxyl groups excluding tert-OH is 3. The molecule has 0 amide bonds. The molecular formula is C26H39NO7S. The first-order chi connectivity index (χ1) is 16.4. The number of ketones is 1. The minimum Gasteiger partial charge on any atom is -0.458 e. The fourth-order valence-electron chi connectivity index (χ4n) is 4.91. The summed E-state index contributed by atoms with van der Waals surface area (Å²) in [4.78, 5) is 30.4. The van der Waals surface area contributed by atoms with Gasteiger partial charge in [-0.15, -0.1) is 11.3 Å². The molecule has 2 fully saturated rings. The quantitative estimate of drug-likeness (QED) is 0.419. The van der Waals surface area contributed by atoms with Gasteiger partial charge in [0.25, 0.3) is 0 Å². The first-order valence-electron chi connectivity index (χ1n) is 12.4. The van der Waals surface area contributed by atoms with Crippen molar-refractivity contribution in [3.8, 4) is 0 Å². The molecule has 196 valence electrons. The Labute approximate surface area is 211 Å². The third-order valence-electron chi connectivity index (χ3n) is 7.62. The van der Waals surface area contributed by atoms with Gasteiger partial charge in [0.15, 0.2) is 0 Å². The van der Waals surface area contributed by atoms with Crippen molar-refractivity contribution in [3.05, 3.63) is 22.2 Å². The summed E-state index contributed by atoms with van der Waals surface area (Å²) in [5.41, 5.74) is -1.17. The van der Waals surface area contributed by atoms with Crippen LogP contribution in [0.15, 0.2) is 11.5 Å². The highest BCUT2D eigenvalue weighted by molar-refractivity contribution is 7.09. The smallest absolute Gasteiger partial charge is 0.309 e. The molecule has 2 saturated heterocycles. The third-order valence-corrected chi connectivity index (χ3v) is 8.41. The van der Waals surface area contributed by atoms with Crippen molar-refractivity contribution in [3.63, 3.8) is 0 Å². The van der Waals surface area contributed by atoms with E-state index in [0.29, 0.717) is 25.7 Å². The number of hydrogen-bond acceptors (Lipinski definition) is 9. The normalized spacial score (nSPS) is 37.1. The Bertz CT molecular complexity index is 929. The van der Waals surface area contributed by atoms with Crippen LogP contribution in [0.3, 0.4) is 0 Å². The minimum atomic E-state index is -1.26. The van der Waals surface area contributed by atoms with Crippen molar-refractivity contribution in [2.75, 3.05) is 6.61 Å². The van der Waals surface area contributed by atoms with E-state index in [9.17, 15) is 24.9 Å². The van der Waals surface area contributed by atoms with Crippen LogP contribution < -0.4 is 0 Å². The Hall–Kier alpha value is -1.65. The highest BCUT2D eigenvalue weighted by Gasteiger charge is 2.56. The van der Waals surface area contributed by atoms with Crippen molar-refractivity contribution >= 4 is 29.2 Å². The predicted octanol–water partition coefficient (Wildman–Crippen LogP) is 3.06. The molecule has 3 rings (SSSR count). The summed E-state index contributed by atoms with van der Waals surface area (Å²) in [6, 6.07) is 0. The lowest BCUT2D eigenvalue weighted by Gasteiger charge is -2.34. The lowest BCUT2D eigenvalue weighted by molar-refractivity contribution is -0.154. The summed E-state index contributed by atoms with van der Waals surface area (Å²) in [5.74, 6) is -1.78. The monoisotopic (exact) mass is 509 g/mol. The predicted molar refractivity (Wildman–Crippen MR) is 133 cm³/mol. The van der Waals surface area contributed by atoms with Gasteiger partial charge in [-0.2, -0.15) is 0 Å². The van der Waals surface area contributed by atoms with Gasteiger partial charge >= 0.3 is 5.97 Å².